The topological polar surface area (TPSA) is 109 Å². The van der Waals surface area contributed by atoms with Crippen LogP contribution in [0.4, 0.5) is 0 Å². The third-order valence-corrected chi connectivity index (χ3v) is 8.54. The summed E-state index contributed by atoms with van der Waals surface area (Å²) in [6.07, 6.45) is 2.90. The second-order valence-corrected chi connectivity index (χ2v) is 11.3. The third kappa shape index (κ3) is 5.24. The maximum atomic E-state index is 13.1. The molecule has 4 rings (SSSR count). The van der Waals surface area contributed by atoms with Gasteiger partial charge in [-0.2, -0.15) is 0 Å². The van der Waals surface area contributed by atoms with Crippen molar-refractivity contribution < 1.29 is 29.3 Å². The molecule has 1 aliphatic carbocycles. The number of esters is 1. The monoisotopic (exact) mass is 477 g/mol. The van der Waals surface area contributed by atoms with Crippen LogP contribution in [0.1, 0.15) is 70.0 Å². The summed E-state index contributed by atoms with van der Waals surface area (Å²) in [6.45, 7) is 7.31. The fourth-order valence-corrected chi connectivity index (χ4v) is 6.11. The first-order valence-electron chi connectivity index (χ1n) is 11.9. The number of rotatable bonds is 2. The van der Waals surface area contributed by atoms with Crippen molar-refractivity contribution in [1.29, 1.82) is 0 Å². The highest BCUT2D eigenvalue weighted by Gasteiger charge is 2.52. The van der Waals surface area contributed by atoms with Gasteiger partial charge < -0.3 is 19.7 Å². The number of hydrogen-bond acceptors (Lipinski definition) is 8. The highest BCUT2D eigenvalue weighted by molar-refractivity contribution is 7.09. The molecule has 7 nitrogen and oxygen atoms in total. The molecule has 0 aromatic carbocycles. The van der Waals surface area contributed by atoms with E-state index in [0.717, 1.165) is 35.5 Å². The average Bonchev–Trinajstić information content (AvgIpc) is 3.37. The summed E-state index contributed by atoms with van der Waals surface area (Å²) in [7, 11) is 0. The molecule has 2 bridgehead atoms. The van der Waals surface area contributed by atoms with Crippen LogP contribution in [0.5, 0.6) is 0 Å². The number of nitrogens with zero attached hydrogens (tertiary/aromatic N) is 1. The largest absolute Gasteiger partial charge is 0.458 e. The number of carbonyl (C=O) groups excluding carboxylic acids is 2. The minimum Gasteiger partial charge on any atom is -0.458 e. The highest BCUT2D eigenvalue weighted by Crippen LogP contribution is 2.45. The normalized spacial score (nSPS) is 40.5. The molecule has 33 heavy (non-hydrogen) atoms. The van der Waals surface area contributed by atoms with Crippen molar-refractivity contribution in [2.45, 2.75) is 96.7 Å². The molecule has 8 atom stereocenters. The minimum absolute atomic E-state index is 0.0261. The first-order chi connectivity index (χ1) is 15.6. The SMILES string of the molecule is C/C(=C\c1csc(C)n1)[C@@H]1C[C@@H]2O[C@@H]2CCC[C@@H]2C[C@](C)(C(=O)[C@H](C)[C@H]2O)[C@@H](O)CC(=O)O1. The van der Waals surface area contributed by atoms with Gasteiger partial charge in [-0.25, -0.2) is 4.98 Å². The fourth-order valence-electron chi connectivity index (χ4n) is 5.54. The third-order valence-electron chi connectivity index (χ3n) is 7.74. The second kappa shape index (κ2) is 9.56. The Bertz CT molecular complexity index is 928. The Morgan fingerprint density at radius 3 is 2.73 bits per heavy atom. The zero-order valence-electron chi connectivity index (χ0n) is 19.8. The van der Waals surface area contributed by atoms with E-state index < -0.39 is 35.6 Å². The van der Waals surface area contributed by atoms with Gasteiger partial charge in [0.25, 0.3) is 0 Å². The smallest absolute Gasteiger partial charge is 0.309 e. The molecule has 2 aliphatic heterocycles. The lowest BCUT2D eigenvalue weighted by Gasteiger charge is -2.45. The zero-order chi connectivity index (χ0) is 23.9. The Labute approximate surface area is 199 Å². The first-order valence-corrected chi connectivity index (χ1v) is 12.8. The lowest BCUT2D eigenvalue weighted by molar-refractivity contribution is -0.161. The molecule has 182 valence electrons. The molecule has 0 spiro atoms. The van der Waals surface area contributed by atoms with Gasteiger partial charge in [0.15, 0.2) is 0 Å². The van der Waals surface area contributed by atoms with Gasteiger partial charge in [0.05, 0.1) is 47.0 Å². The summed E-state index contributed by atoms with van der Waals surface area (Å²) >= 11 is 1.56. The fraction of sp³-hybridized carbons (Fsp3) is 0.720. The van der Waals surface area contributed by atoms with Gasteiger partial charge in [0, 0.05) is 17.7 Å². The van der Waals surface area contributed by atoms with Crippen molar-refractivity contribution in [2.24, 2.45) is 17.3 Å². The number of carbonyl (C=O) groups is 2. The van der Waals surface area contributed by atoms with Crippen LogP contribution in [0.3, 0.4) is 0 Å². The van der Waals surface area contributed by atoms with E-state index in [0.29, 0.717) is 12.8 Å². The molecule has 1 aromatic heterocycles. The van der Waals surface area contributed by atoms with E-state index in [9.17, 15) is 19.8 Å². The van der Waals surface area contributed by atoms with Crippen LogP contribution in [-0.4, -0.2) is 57.5 Å². The number of aliphatic hydroxyl groups excluding tert-OH is 2. The quantitative estimate of drug-likeness (QED) is 0.496. The highest BCUT2D eigenvalue weighted by atomic mass is 32.1. The van der Waals surface area contributed by atoms with Crippen molar-refractivity contribution in [3.8, 4) is 0 Å². The maximum Gasteiger partial charge on any atom is 0.309 e. The molecule has 0 unspecified atom stereocenters. The number of cyclic esters (lactones) is 1. The van der Waals surface area contributed by atoms with Gasteiger partial charge in [-0.05, 0) is 50.7 Å². The number of hydrogen-bond donors (Lipinski definition) is 2. The summed E-state index contributed by atoms with van der Waals surface area (Å²) in [5.41, 5.74) is 0.628. The van der Waals surface area contributed by atoms with Gasteiger partial charge in [0.1, 0.15) is 11.9 Å². The summed E-state index contributed by atoms with van der Waals surface area (Å²) < 4.78 is 11.7. The lowest BCUT2D eigenvalue weighted by Crippen LogP contribution is -2.54. The average molecular weight is 478 g/mol. The molecule has 2 saturated heterocycles. The molecular formula is C25H35NO6S. The van der Waals surface area contributed by atoms with Crippen LogP contribution in [0, 0.1) is 24.2 Å². The Morgan fingerprint density at radius 1 is 1.27 bits per heavy atom. The van der Waals surface area contributed by atoms with Crippen LogP contribution in [0.2, 0.25) is 0 Å². The van der Waals surface area contributed by atoms with Crippen LogP contribution in [0.15, 0.2) is 11.0 Å². The number of thiazole rings is 1. The standard InChI is InChI=1S/C25H35NO6S/c1-13(8-17-12-33-15(3)26-17)19-9-20-18(31-20)7-5-6-16-11-25(4,21(27)10-22(28)32-19)24(30)14(2)23(16)29/h8,12,14,16,18-21,23,27,29H,5-7,9-11H2,1-4H3/b13-8+/t14-,16-,18-,19+,20+,21+,23-,25+/m1/s1. The van der Waals surface area contributed by atoms with E-state index in [4.69, 9.17) is 9.47 Å². The van der Waals surface area contributed by atoms with E-state index in [1.165, 1.54) is 0 Å². The molecule has 2 N–H and O–H groups in total. The van der Waals surface area contributed by atoms with E-state index >= 15 is 0 Å². The number of aryl methyl sites for hydroxylation is 1. The molecule has 3 fully saturated rings. The van der Waals surface area contributed by atoms with Crippen LogP contribution < -0.4 is 0 Å². The zero-order valence-corrected chi connectivity index (χ0v) is 20.6. The lowest BCUT2D eigenvalue weighted by atomic mass is 9.60. The molecule has 3 heterocycles. The van der Waals surface area contributed by atoms with Crippen molar-refractivity contribution >= 4 is 29.2 Å². The van der Waals surface area contributed by atoms with Crippen molar-refractivity contribution in [3.05, 3.63) is 21.7 Å². The van der Waals surface area contributed by atoms with Crippen molar-refractivity contribution in [1.82, 2.24) is 4.98 Å². The van der Waals surface area contributed by atoms with E-state index in [1.807, 2.05) is 25.3 Å². The predicted octanol–water partition coefficient (Wildman–Crippen LogP) is 3.45. The van der Waals surface area contributed by atoms with Gasteiger partial charge in [-0.3, -0.25) is 9.59 Å². The number of epoxide rings is 1. The summed E-state index contributed by atoms with van der Waals surface area (Å²) in [4.78, 5) is 30.4. The molecule has 0 radical (unpaired) electrons. The van der Waals surface area contributed by atoms with Gasteiger partial charge in [-0.1, -0.05) is 20.3 Å². The molecule has 1 aromatic rings. The molecule has 8 heteroatoms. The number of ketones is 1. The molecule has 0 amide bonds. The molecule has 3 aliphatic rings. The Kier molecular flexibility index (Phi) is 7.10. The number of fused-ring (bicyclic) bond motifs is 3. The maximum absolute atomic E-state index is 13.1. The van der Waals surface area contributed by atoms with Gasteiger partial charge in [0.2, 0.25) is 0 Å². The Balaban J connectivity index is 1.56. The minimum atomic E-state index is -1.16. The summed E-state index contributed by atoms with van der Waals surface area (Å²) in [6, 6.07) is 0. The van der Waals surface area contributed by atoms with E-state index in [2.05, 4.69) is 4.98 Å². The number of Topliss-reactive ketones (excluding diaryl/α,β-unsaturated/α-hetero) is 1. The molecular weight excluding hydrogens is 442 g/mol. The summed E-state index contributed by atoms with van der Waals surface area (Å²) in [5, 5.41) is 24.6. The van der Waals surface area contributed by atoms with Crippen LogP contribution >= 0.6 is 11.3 Å². The number of aromatic nitrogens is 1. The Hall–Kier alpha value is -1.61. The number of ether oxygens (including phenoxy) is 2. The molecule has 1 saturated carbocycles. The first kappa shape index (κ1) is 24.5. The van der Waals surface area contributed by atoms with Gasteiger partial charge >= 0.3 is 5.97 Å². The number of aliphatic hydroxyl groups is 2. The van der Waals surface area contributed by atoms with Crippen LogP contribution in [0.25, 0.3) is 6.08 Å². The second-order valence-electron chi connectivity index (χ2n) is 10.3. The summed E-state index contributed by atoms with van der Waals surface area (Å²) in [5.74, 6) is -1.38. The predicted molar refractivity (Wildman–Crippen MR) is 125 cm³/mol. The van der Waals surface area contributed by atoms with E-state index in [1.54, 1.807) is 25.2 Å². The van der Waals surface area contributed by atoms with Crippen molar-refractivity contribution in [3.63, 3.8) is 0 Å². The van der Waals surface area contributed by atoms with Crippen LogP contribution in [-0.2, 0) is 19.1 Å². The van der Waals surface area contributed by atoms with E-state index in [-0.39, 0.29) is 30.3 Å². The van der Waals surface area contributed by atoms with Crippen molar-refractivity contribution in [2.75, 3.05) is 0 Å². The Morgan fingerprint density at radius 2 is 2.03 bits per heavy atom. The van der Waals surface area contributed by atoms with Gasteiger partial charge in [-0.15, -0.1) is 11.3 Å².